The van der Waals surface area contributed by atoms with Gasteiger partial charge in [0.05, 0.1) is 0 Å². The fraction of sp³-hybridized carbons (Fsp3) is 0.833. The molecule has 0 fully saturated rings. The highest BCUT2D eigenvalue weighted by Gasteiger charge is 2.20. The number of aliphatic carboxylic acids is 1. The third kappa shape index (κ3) is 6.43. The molecule has 0 aromatic heterocycles. The molecule has 0 spiro atoms. The summed E-state index contributed by atoms with van der Waals surface area (Å²) in [6.07, 6.45) is 4.63. The number of unbranched alkanes of at least 4 members (excludes halogenated alkanes) is 3. The van der Waals surface area contributed by atoms with Crippen molar-refractivity contribution < 1.29 is 14.7 Å². The van der Waals surface area contributed by atoms with E-state index in [9.17, 15) is 9.59 Å². The minimum absolute atomic E-state index is 0.169. The predicted octanol–water partition coefficient (Wildman–Crippen LogP) is 2.18. The normalized spacial score (nSPS) is 12.5. The second-order valence-electron chi connectivity index (χ2n) is 4.40. The smallest absolute Gasteiger partial charge is 0.326 e. The quantitative estimate of drug-likeness (QED) is 0.627. The number of amides is 1. The maximum Gasteiger partial charge on any atom is 0.326 e. The van der Waals surface area contributed by atoms with Crippen molar-refractivity contribution in [1.29, 1.82) is 0 Å². The molecule has 0 aromatic rings. The molecule has 0 aliphatic heterocycles. The first-order valence-electron chi connectivity index (χ1n) is 6.02. The Kier molecular flexibility index (Phi) is 7.60. The molecule has 1 atom stereocenters. The van der Waals surface area contributed by atoms with Gasteiger partial charge in [-0.15, -0.1) is 0 Å². The maximum absolute atomic E-state index is 11.4. The molecule has 4 nitrogen and oxygen atoms in total. The van der Waals surface area contributed by atoms with Crippen LogP contribution in [0.15, 0.2) is 0 Å². The zero-order valence-corrected chi connectivity index (χ0v) is 10.5. The van der Waals surface area contributed by atoms with Crippen LogP contribution < -0.4 is 5.32 Å². The van der Waals surface area contributed by atoms with Crippen LogP contribution in [0.4, 0.5) is 0 Å². The molecule has 94 valence electrons. The summed E-state index contributed by atoms with van der Waals surface area (Å²) in [5.41, 5.74) is 0. The summed E-state index contributed by atoms with van der Waals surface area (Å²) in [7, 11) is 0. The summed E-state index contributed by atoms with van der Waals surface area (Å²) in [5, 5.41) is 11.5. The molecular weight excluding hydrogens is 206 g/mol. The SMILES string of the molecule is CCCCCC[C@H](NC(=O)C(C)C)C(=O)O. The number of carboxylic acid groups (broad SMARTS) is 1. The minimum atomic E-state index is -0.939. The number of rotatable bonds is 8. The summed E-state index contributed by atoms with van der Waals surface area (Å²) in [6, 6.07) is -0.730. The van der Waals surface area contributed by atoms with Gasteiger partial charge in [-0.1, -0.05) is 46.5 Å². The average molecular weight is 229 g/mol. The van der Waals surface area contributed by atoms with Crippen molar-refractivity contribution in [3.05, 3.63) is 0 Å². The first-order valence-corrected chi connectivity index (χ1v) is 6.02. The molecule has 0 rings (SSSR count). The molecule has 2 N–H and O–H groups in total. The largest absolute Gasteiger partial charge is 0.480 e. The molecule has 0 saturated carbocycles. The minimum Gasteiger partial charge on any atom is -0.480 e. The molecular formula is C12H23NO3. The van der Waals surface area contributed by atoms with Crippen LogP contribution in [-0.4, -0.2) is 23.0 Å². The maximum atomic E-state index is 11.4. The van der Waals surface area contributed by atoms with Crippen LogP contribution in [0.1, 0.15) is 52.9 Å². The van der Waals surface area contributed by atoms with Crippen molar-refractivity contribution in [1.82, 2.24) is 5.32 Å². The average Bonchev–Trinajstić information content (AvgIpc) is 2.21. The highest BCUT2D eigenvalue weighted by molar-refractivity contribution is 5.84. The van der Waals surface area contributed by atoms with Gasteiger partial charge in [0.2, 0.25) is 5.91 Å². The Morgan fingerprint density at radius 2 is 1.81 bits per heavy atom. The number of carbonyl (C=O) groups excluding carboxylic acids is 1. The highest BCUT2D eigenvalue weighted by atomic mass is 16.4. The molecule has 1 amide bonds. The van der Waals surface area contributed by atoms with Gasteiger partial charge in [-0.3, -0.25) is 4.79 Å². The third-order valence-electron chi connectivity index (χ3n) is 2.49. The molecule has 0 bridgehead atoms. The molecule has 0 aliphatic rings. The molecule has 16 heavy (non-hydrogen) atoms. The van der Waals surface area contributed by atoms with Gasteiger partial charge in [-0.05, 0) is 6.42 Å². The predicted molar refractivity (Wildman–Crippen MR) is 63.2 cm³/mol. The van der Waals surface area contributed by atoms with Crippen molar-refractivity contribution in [3.63, 3.8) is 0 Å². The highest BCUT2D eigenvalue weighted by Crippen LogP contribution is 2.06. The van der Waals surface area contributed by atoms with Crippen LogP contribution in [0.25, 0.3) is 0 Å². The van der Waals surface area contributed by atoms with Gasteiger partial charge < -0.3 is 10.4 Å². The van der Waals surface area contributed by atoms with Crippen LogP contribution in [0.3, 0.4) is 0 Å². The van der Waals surface area contributed by atoms with E-state index in [0.29, 0.717) is 6.42 Å². The fourth-order valence-corrected chi connectivity index (χ4v) is 1.37. The number of hydrogen-bond acceptors (Lipinski definition) is 2. The number of hydrogen-bond donors (Lipinski definition) is 2. The Morgan fingerprint density at radius 1 is 1.19 bits per heavy atom. The van der Waals surface area contributed by atoms with Crippen LogP contribution in [0.2, 0.25) is 0 Å². The van der Waals surface area contributed by atoms with Gasteiger partial charge in [0.25, 0.3) is 0 Å². The van der Waals surface area contributed by atoms with Gasteiger partial charge in [-0.2, -0.15) is 0 Å². The van der Waals surface area contributed by atoms with E-state index in [2.05, 4.69) is 12.2 Å². The lowest BCUT2D eigenvalue weighted by Crippen LogP contribution is -2.42. The number of carboxylic acids is 1. The van der Waals surface area contributed by atoms with Crippen LogP contribution >= 0.6 is 0 Å². The zero-order valence-electron chi connectivity index (χ0n) is 10.5. The van der Waals surface area contributed by atoms with Crippen molar-refractivity contribution in [2.24, 2.45) is 5.92 Å². The topological polar surface area (TPSA) is 66.4 Å². The van der Waals surface area contributed by atoms with E-state index in [0.717, 1.165) is 25.7 Å². The van der Waals surface area contributed by atoms with Crippen molar-refractivity contribution in [2.75, 3.05) is 0 Å². The van der Waals surface area contributed by atoms with E-state index in [1.165, 1.54) is 0 Å². The second-order valence-corrected chi connectivity index (χ2v) is 4.40. The summed E-state index contributed by atoms with van der Waals surface area (Å²) in [6.45, 7) is 5.62. The lowest BCUT2D eigenvalue weighted by atomic mass is 10.1. The molecule has 0 saturated heterocycles. The molecule has 0 heterocycles. The fourth-order valence-electron chi connectivity index (χ4n) is 1.37. The standard InChI is InChI=1S/C12H23NO3/c1-4-5-6-7-8-10(12(15)16)13-11(14)9(2)3/h9-10H,4-8H2,1-3H3,(H,13,14)(H,15,16)/t10-/m0/s1. The number of nitrogens with one attached hydrogen (secondary N) is 1. The molecule has 0 radical (unpaired) electrons. The first-order chi connectivity index (χ1) is 7.49. The zero-order chi connectivity index (χ0) is 12.6. The van der Waals surface area contributed by atoms with Crippen molar-refractivity contribution >= 4 is 11.9 Å². The Labute approximate surface area is 97.4 Å². The first kappa shape index (κ1) is 14.9. The summed E-state index contributed by atoms with van der Waals surface area (Å²) in [5.74, 6) is -1.30. The third-order valence-corrected chi connectivity index (χ3v) is 2.49. The summed E-state index contributed by atoms with van der Waals surface area (Å²) in [4.78, 5) is 22.3. The molecule has 0 aromatic carbocycles. The molecule has 0 unspecified atom stereocenters. The summed E-state index contributed by atoms with van der Waals surface area (Å²) >= 11 is 0. The Bertz CT molecular complexity index is 226. The van der Waals surface area contributed by atoms with E-state index in [-0.39, 0.29) is 11.8 Å². The van der Waals surface area contributed by atoms with E-state index in [4.69, 9.17) is 5.11 Å². The van der Waals surface area contributed by atoms with E-state index in [1.807, 2.05) is 0 Å². The van der Waals surface area contributed by atoms with E-state index >= 15 is 0 Å². The van der Waals surface area contributed by atoms with E-state index < -0.39 is 12.0 Å². The second kappa shape index (κ2) is 8.13. The van der Waals surface area contributed by atoms with Gasteiger partial charge in [0.1, 0.15) is 6.04 Å². The Balaban J connectivity index is 3.98. The van der Waals surface area contributed by atoms with Gasteiger partial charge in [0, 0.05) is 5.92 Å². The van der Waals surface area contributed by atoms with Crippen LogP contribution in [-0.2, 0) is 9.59 Å². The van der Waals surface area contributed by atoms with Gasteiger partial charge in [-0.25, -0.2) is 4.79 Å². The van der Waals surface area contributed by atoms with Gasteiger partial charge >= 0.3 is 5.97 Å². The monoisotopic (exact) mass is 229 g/mol. The number of carbonyl (C=O) groups is 2. The van der Waals surface area contributed by atoms with Crippen LogP contribution in [0.5, 0.6) is 0 Å². The Morgan fingerprint density at radius 3 is 2.25 bits per heavy atom. The van der Waals surface area contributed by atoms with Gasteiger partial charge in [0.15, 0.2) is 0 Å². The van der Waals surface area contributed by atoms with Crippen LogP contribution in [0, 0.1) is 5.92 Å². The van der Waals surface area contributed by atoms with E-state index in [1.54, 1.807) is 13.8 Å². The Hall–Kier alpha value is -1.06. The molecule has 0 aliphatic carbocycles. The lowest BCUT2D eigenvalue weighted by Gasteiger charge is -2.15. The lowest BCUT2D eigenvalue weighted by molar-refractivity contribution is -0.142. The summed E-state index contributed by atoms with van der Waals surface area (Å²) < 4.78 is 0. The van der Waals surface area contributed by atoms with Crippen molar-refractivity contribution in [3.8, 4) is 0 Å². The molecule has 4 heteroatoms. The van der Waals surface area contributed by atoms with Crippen molar-refractivity contribution in [2.45, 2.75) is 58.9 Å².